The van der Waals surface area contributed by atoms with Gasteiger partial charge in [-0.2, -0.15) is 5.10 Å². The van der Waals surface area contributed by atoms with Crippen molar-refractivity contribution in [1.29, 1.82) is 0 Å². The van der Waals surface area contributed by atoms with Crippen molar-refractivity contribution in [3.8, 4) is 0 Å². The van der Waals surface area contributed by atoms with E-state index < -0.39 is 0 Å². The van der Waals surface area contributed by atoms with Gasteiger partial charge in [0.2, 0.25) is 0 Å². The van der Waals surface area contributed by atoms with Gasteiger partial charge in [-0.05, 0) is 57.9 Å². The molecule has 4 heteroatoms. The predicted molar refractivity (Wildman–Crippen MR) is 95.7 cm³/mol. The van der Waals surface area contributed by atoms with Crippen molar-refractivity contribution in [2.24, 2.45) is 11.8 Å². The Labute approximate surface area is 142 Å². The number of fused-ring (bicyclic) bond motifs is 1. The molecule has 1 aromatic heterocycles. The SMILES string of the molecule is C1CN(C2CC3CC3C2)CCO1.CC.Cc1ccn(C(C)C)n1. The van der Waals surface area contributed by atoms with Gasteiger partial charge >= 0.3 is 0 Å². The Morgan fingerprint density at radius 3 is 2.13 bits per heavy atom. The highest BCUT2D eigenvalue weighted by atomic mass is 16.5. The standard InChI is InChI=1S/C10H17NO.C7H12N2.C2H6/c1-3-12-4-2-11(1)10-6-8-5-9(8)7-10;1-6(2)9-5-4-7(3)8-9;1-2/h8-10H,1-7H2;4-6H,1-3H3;1-2H3. The molecule has 4 rings (SSSR count). The smallest absolute Gasteiger partial charge is 0.0594 e. The molecule has 1 saturated heterocycles. The van der Waals surface area contributed by atoms with Crippen molar-refractivity contribution in [1.82, 2.24) is 14.7 Å². The Morgan fingerprint density at radius 1 is 1.09 bits per heavy atom. The van der Waals surface area contributed by atoms with Gasteiger partial charge in [0, 0.05) is 31.4 Å². The quantitative estimate of drug-likeness (QED) is 0.827. The fourth-order valence-electron chi connectivity index (χ4n) is 3.64. The molecule has 132 valence electrons. The summed E-state index contributed by atoms with van der Waals surface area (Å²) in [7, 11) is 0. The van der Waals surface area contributed by atoms with Crippen LogP contribution in [0.4, 0.5) is 0 Å². The van der Waals surface area contributed by atoms with Crippen LogP contribution in [0.3, 0.4) is 0 Å². The van der Waals surface area contributed by atoms with E-state index in [1.54, 1.807) is 6.42 Å². The Hall–Kier alpha value is -0.870. The molecule has 4 nitrogen and oxygen atoms in total. The van der Waals surface area contributed by atoms with Gasteiger partial charge in [0.05, 0.1) is 18.9 Å². The first kappa shape index (κ1) is 18.5. The first-order valence-corrected chi connectivity index (χ1v) is 9.47. The van der Waals surface area contributed by atoms with Crippen molar-refractivity contribution in [2.75, 3.05) is 26.3 Å². The summed E-state index contributed by atoms with van der Waals surface area (Å²) in [6.07, 6.45) is 6.52. The predicted octanol–water partition coefficient (Wildman–Crippen LogP) is 3.92. The third-order valence-corrected chi connectivity index (χ3v) is 5.05. The summed E-state index contributed by atoms with van der Waals surface area (Å²) in [5, 5.41) is 4.23. The molecule has 3 fully saturated rings. The van der Waals surface area contributed by atoms with Crippen molar-refractivity contribution in [2.45, 2.75) is 66.0 Å². The zero-order valence-electron chi connectivity index (χ0n) is 15.7. The van der Waals surface area contributed by atoms with Crippen LogP contribution in [0, 0.1) is 18.8 Å². The van der Waals surface area contributed by atoms with E-state index in [4.69, 9.17) is 4.74 Å². The molecule has 0 aromatic carbocycles. The first-order valence-electron chi connectivity index (χ1n) is 9.47. The van der Waals surface area contributed by atoms with E-state index in [0.717, 1.165) is 36.8 Å². The van der Waals surface area contributed by atoms with Crippen LogP contribution in [0.5, 0.6) is 0 Å². The molecule has 2 heterocycles. The Bertz CT molecular complexity index is 441. The highest BCUT2D eigenvalue weighted by Gasteiger charge is 2.47. The maximum atomic E-state index is 5.36. The van der Waals surface area contributed by atoms with E-state index in [1.165, 1.54) is 25.9 Å². The molecule has 23 heavy (non-hydrogen) atoms. The molecule has 1 aromatic rings. The topological polar surface area (TPSA) is 30.3 Å². The first-order chi connectivity index (χ1) is 11.1. The van der Waals surface area contributed by atoms with Gasteiger partial charge in [-0.15, -0.1) is 0 Å². The van der Waals surface area contributed by atoms with Crippen LogP contribution in [0.1, 0.15) is 58.7 Å². The lowest BCUT2D eigenvalue weighted by molar-refractivity contribution is 0.0155. The van der Waals surface area contributed by atoms with Crippen molar-refractivity contribution < 1.29 is 4.74 Å². The van der Waals surface area contributed by atoms with Crippen molar-refractivity contribution in [3.63, 3.8) is 0 Å². The van der Waals surface area contributed by atoms with Gasteiger partial charge in [-0.1, -0.05) is 13.8 Å². The fraction of sp³-hybridized carbons (Fsp3) is 0.842. The van der Waals surface area contributed by atoms with E-state index in [9.17, 15) is 0 Å². The summed E-state index contributed by atoms with van der Waals surface area (Å²) in [6, 6.07) is 3.43. The molecule has 0 spiro atoms. The number of hydrogen-bond acceptors (Lipinski definition) is 3. The number of hydrogen-bond donors (Lipinski definition) is 0. The molecule has 0 N–H and O–H groups in total. The van der Waals surface area contributed by atoms with Crippen molar-refractivity contribution in [3.05, 3.63) is 18.0 Å². The summed E-state index contributed by atoms with van der Waals surface area (Å²) >= 11 is 0. The molecular weight excluding hydrogens is 286 g/mol. The monoisotopic (exact) mass is 321 g/mol. The maximum Gasteiger partial charge on any atom is 0.0594 e. The van der Waals surface area contributed by atoms with Crippen LogP contribution in [0.2, 0.25) is 0 Å². The van der Waals surface area contributed by atoms with Crippen LogP contribution in [0.15, 0.2) is 12.3 Å². The molecule has 2 saturated carbocycles. The van der Waals surface area contributed by atoms with Gasteiger partial charge in [0.25, 0.3) is 0 Å². The lowest BCUT2D eigenvalue weighted by Crippen LogP contribution is -2.42. The second-order valence-electron chi connectivity index (χ2n) is 7.06. The Balaban J connectivity index is 0.000000157. The summed E-state index contributed by atoms with van der Waals surface area (Å²) < 4.78 is 7.31. The Morgan fingerprint density at radius 2 is 1.70 bits per heavy atom. The average Bonchev–Trinajstić information content (AvgIpc) is 2.99. The number of ether oxygens (including phenoxy) is 1. The minimum Gasteiger partial charge on any atom is -0.379 e. The van der Waals surface area contributed by atoms with Crippen LogP contribution >= 0.6 is 0 Å². The molecule has 2 atom stereocenters. The molecule has 1 aliphatic heterocycles. The molecule has 0 radical (unpaired) electrons. The third kappa shape index (κ3) is 5.32. The second kappa shape index (κ2) is 8.84. The molecule has 0 amide bonds. The van der Waals surface area contributed by atoms with E-state index in [0.29, 0.717) is 6.04 Å². The lowest BCUT2D eigenvalue weighted by atomic mass is 10.1. The summed E-state index contributed by atoms with van der Waals surface area (Å²) in [5.74, 6) is 2.25. The number of rotatable bonds is 2. The molecule has 2 aliphatic carbocycles. The molecule has 0 bridgehead atoms. The number of aromatic nitrogens is 2. The normalized spacial score (nSPS) is 29.2. The zero-order valence-corrected chi connectivity index (χ0v) is 15.7. The van der Waals surface area contributed by atoms with Gasteiger partial charge in [-0.25, -0.2) is 0 Å². The minimum atomic E-state index is 0.485. The Kier molecular flexibility index (Phi) is 7.09. The van der Waals surface area contributed by atoms with Gasteiger partial charge < -0.3 is 4.74 Å². The number of nitrogens with zero attached hydrogens (tertiary/aromatic N) is 3. The van der Waals surface area contributed by atoms with E-state index in [1.807, 2.05) is 37.7 Å². The minimum absolute atomic E-state index is 0.485. The average molecular weight is 322 g/mol. The van der Waals surface area contributed by atoms with E-state index >= 15 is 0 Å². The highest BCUT2D eigenvalue weighted by Crippen LogP contribution is 2.53. The van der Waals surface area contributed by atoms with Gasteiger partial charge in [0.15, 0.2) is 0 Å². The fourth-order valence-corrected chi connectivity index (χ4v) is 3.64. The highest BCUT2D eigenvalue weighted by molar-refractivity contribution is 4.99. The maximum absolute atomic E-state index is 5.36. The molecule has 2 unspecified atom stereocenters. The third-order valence-electron chi connectivity index (χ3n) is 5.05. The van der Waals surface area contributed by atoms with Crippen LogP contribution < -0.4 is 0 Å². The van der Waals surface area contributed by atoms with Crippen LogP contribution in [-0.2, 0) is 4.74 Å². The summed E-state index contributed by atoms with van der Waals surface area (Å²) in [5.41, 5.74) is 1.09. The summed E-state index contributed by atoms with van der Waals surface area (Å²) in [6.45, 7) is 14.5. The van der Waals surface area contributed by atoms with Crippen LogP contribution in [-0.4, -0.2) is 47.0 Å². The van der Waals surface area contributed by atoms with Crippen LogP contribution in [0.25, 0.3) is 0 Å². The largest absolute Gasteiger partial charge is 0.379 e. The zero-order chi connectivity index (χ0) is 16.8. The lowest BCUT2D eigenvalue weighted by Gasteiger charge is -2.32. The molecular formula is C19H35N3O. The van der Waals surface area contributed by atoms with Gasteiger partial charge in [0.1, 0.15) is 0 Å². The van der Waals surface area contributed by atoms with E-state index in [-0.39, 0.29) is 0 Å². The summed E-state index contributed by atoms with van der Waals surface area (Å²) in [4.78, 5) is 2.65. The number of morpholine rings is 1. The van der Waals surface area contributed by atoms with E-state index in [2.05, 4.69) is 23.8 Å². The number of aryl methyl sites for hydroxylation is 1. The van der Waals surface area contributed by atoms with Gasteiger partial charge in [-0.3, -0.25) is 9.58 Å². The second-order valence-corrected chi connectivity index (χ2v) is 7.06. The van der Waals surface area contributed by atoms with Crippen molar-refractivity contribution >= 4 is 0 Å². The molecule has 3 aliphatic rings.